The first kappa shape index (κ1) is 18.6. The number of anilines is 1. The molecular formula is C23H23NO3. The molecule has 2 N–H and O–H groups in total. The summed E-state index contributed by atoms with van der Waals surface area (Å²) in [6.07, 6.45) is 1.78. The first-order valence-corrected chi connectivity index (χ1v) is 9.16. The Hall–Kier alpha value is -3.14. The molecule has 0 fully saturated rings. The Labute approximate surface area is 159 Å². The summed E-state index contributed by atoms with van der Waals surface area (Å²) in [4.78, 5) is 24.6. The average molecular weight is 361 g/mol. The second-order valence-electron chi connectivity index (χ2n) is 6.43. The van der Waals surface area contributed by atoms with Crippen molar-refractivity contribution >= 4 is 17.4 Å². The smallest absolute Gasteiger partial charge is 0.305 e. The van der Waals surface area contributed by atoms with Gasteiger partial charge in [0.25, 0.3) is 0 Å². The van der Waals surface area contributed by atoms with Crippen LogP contribution in [0, 0.1) is 0 Å². The zero-order valence-corrected chi connectivity index (χ0v) is 15.4. The van der Waals surface area contributed by atoms with Gasteiger partial charge in [-0.05, 0) is 66.8 Å². The number of rotatable bonds is 7. The number of aryl methyl sites for hydroxylation is 1. The van der Waals surface area contributed by atoms with Crippen LogP contribution < -0.4 is 5.73 Å². The number of benzene rings is 1. The first-order chi connectivity index (χ1) is 13.1. The van der Waals surface area contributed by atoms with Crippen molar-refractivity contribution in [3.05, 3.63) is 77.4 Å². The maximum atomic E-state index is 13.0. The fourth-order valence-corrected chi connectivity index (χ4v) is 3.23. The largest absolute Gasteiger partial charge is 0.466 e. The van der Waals surface area contributed by atoms with E-state index < -0.39 is 0 Å². The van der Waals surface area contributed by atoms with Gasteiger partial charge in [-0.15, -0.1) is 0 Å². The van der Waals surface area contributed by atoms with E-state index in [2.05, 4.69) is 0 Å². The van der Waals surface area contributed by atoms with Crippen LogP contribution in [0.3, 0.4) is 0 Å². The molecule has 0 heterocycles. The van der Waals surface area contributed by atoms with Gasteiger partial charge >= 0.3 is 5.97 Å². The number of hydrogen-bond donors (Lipinski definition) is 1. The molecule has 0 amide bonds. The summed E-state index contributed by atoms with van der Waals surface area (Å²) in [6.45, 7) is 2.20. The van der Waals surface area contributed by atoms with Crippen molar-refractivity contribution in [3.63, 3.8) is 0 Å². The standard InChI is InChI=1S/C23H23NO3/c1-2-27-22(25)10-6-7-17-15-21(20-9-5-3-4-8-19(17)20)23(26)16-11-13-18(24)14-12-16/h3-5,8-9,11-15H,2,6-7,10,24H2,1H3. The van der Waals surface area contributed by atoms with E-state index in [9.17, 15) is 9.59 Å². The molecule has 4 nitrogen and oxygen atoms in total. The molecule has 2 aliphatic rings. The van der Waals surface area contributed by atoms with Crippen LogP contribution in [0.15, 0.2) is 60.7 Å². The predicted octanol–water partition coefficient (Wildman–Crippen LogP) is 4.49. The molecule has 0 spiro atoms. The SMILES string of the molecule is CCOC(=O)CCCc1cc(C(=O)c2ccc(N)cc2)c2cccccc1-2. The van der Waals surface area contributed by atoms with Gasteiger partial charge in [-0.25, -0.2) is 0 Å². The van der Waals surface area contributed by atoms with Crippen LogP contribution in [-0.2, 0) is 16.0 Å². The molecule has 0 saturated carbocycles. The lowest BCUT2D eigenvalue weighted by molar-refractivity contribution is -0.143. The van der Waals surface area contributed by atoms with Gasteiger partial charge in [0.1, 0.15) is 0 Å². The molecule has 2 aliphatic carbocycles. The second kappa shape index (κ2) is 8.49. The molecule has 138 valence electrons. The molecule has 1 aromatic carbocycles. The van der Waals surface area contributed by atoms with Crippen molar-refractivity contribution in [2.75, 3.05) is 12.3 Å². The van der Waals surface area contributed by atoms with E-state index >= 15 is 0 Å². The van der Waals surface area contributed by atoms with Crippen molar-refractivity contribution in [2.45, 2.75) is 26.2 Å². The molecular weight excluding hydrogens is 338 g/mol. The normalized spacial score (nSPS) is 10.7. The van der Waals surface area contributed by atoms with Gasteiger partial charge < -0.3 is 10.5 Å². The van der Waals surface area contributed by atoms with Crippen LogP contribution in [0.1, 0.15) is 41.3 Å². The quantitative estimate of drug-likeness (QED) is 0.382. The number of carbonyl (C=O) groups is 2. The van der Waals surface area contributed by atoms with Crippen molar-refractivity contribution in [2.24, 2.45) is 0 Å². The number of nitrogen functional groups attached to an aromatic ring is 1. The lowest BCUT2D eigenvalue weighted by Gasteiger charge is -2.03. The van der Waals surface area contributed by atoms with Gasteiger partial charge in [0.05, 0.1) is 6.61 Å². The summed E-state index contributed by atoms with van der Waals surface area (Å²) >= 11 is 0. The van der Waals surface area contributed by atoms with E-state index in [4.69, 9.17) is 10.5 Å². The van der Waals surface area contributed by atoms with E-state index in [0.717, 1.165) is 16.7 Å². The molecule has 0 saturated heterocycles. The van der Waals surface area contributed by atoms with Gasteiger partial charge in [0.15, 0.2) is 5.78 Å². The predicted molar refractivity (Wildman–Crippen MR) is 107 cm³/mol. The molecule has 0 bridgehead atoms. The highest BCUT2D eigenvalue weighted by Gasteiger charge is 2.20. The molecule has 0 aromatic heterocycles. The number of ketones is 1. The number of carbonyl (C=O) groups excluding carboxylic acids is 2. The monoisotopic (exact) mass is 361 g/mol. The third-order valence-electron chi connectivity index (χ3n) is 4.54. The van der Waals surface area contributed by atoms with Gasteiger partial charge in [-0.1, -0.05) is 30.3 Å². The molecule has 0 aliphatic heterocycles. The molecule has 1 aromatic rings. The Kier molecular flexibility index (Phi) is 5.87. The molecule has 3 rings (SSSR count). The number of esters is 1. The van der Waals surface area contributed by atoms with Crippen LogP contribution >= 0.6 is 0 Å². The van der Waals surface area contributed by atoms with Gasteiger partial charge in [0.2, 0.25) is 0 Å². The third-order valence-corrected chi connectivity index (χ3v) is 4.54. The topological polar surface area (TPSA) is 69.4 Å². The molecule has 27 heavy (non-hydrogen) atoms. The van der Waals surface area contributed by atoms with Gasteiger partial charge in [-0.2, -0.15) is 0 Å². The van der Waals surface area contributed by atoms with E-state index in [1.165, 1.54) is 0 Å². The molecule has 0 radical (unpaired) electrons. The number of hydrogen-bond acceptors (Lipinski definition) is 4. The summed E-state index contributed by atoms with van der Waals surface area (Å²) in [5.41, 5.74) is 10.7. The maximum absolute atomic E-state index is 13.0. The fraction of sp³-hybridized carbons (Fsp3) is 0.217. The summed E-state index contributed by atoms with van der Waals surface area (Å²) in [5, 5.41) is 0. The van der Waals surface area contributed by atoms with Crippen molar-refractivity contribution in [1.29, 1.82) is 0 Å². The number of ether oxygens (including phenoxy) is 1. The minimum atomic E-state index is -0.183. The van der Waals surface area contributed by atoms with Crippen LogP contribution in [0.25, 0.3) is 11.1 Å². The van der Waals surface area contributed by atoms with Crippen molar-refractivity contribution in [3.8, 4) is 11.1 Å². The highest BCUT2D eigenvalue weighted by Crippen LogP contribution is 2.34. The number of fused-ring (bicyclic) bond motifs is 1. The highest BCUT2D eigenvalue weighted by atomic mass is 16.5. The third kappa shape index (κ3) is 4.34. The summed E-state index contributed by atoms with van der Waals surface area (Å²) in [6, 6.07) is 18.8. The Morgan fingerprint density at radius 2 is 1.67 bits per heavy atom. The highest BCUT2D eigenvalue weighted by molar-refractivity contribution is 6.14. The maximum Gasteiger partial charge on any atom is 0.305 e. The van der Waals surface area contributed by atoms with Crippen LogP contribution in [0.4, 0.5) is 5.69 Å². The lowest BCUT2D eigenvalue weighted by atomic mass is 10.0. The molecule has 4 heteroatoms. The Morgan fingerprint density at radius 1 is 0.963 bits per heavy atom. The van der Waals surface area contributed by atoms with E-state index in [0.29, 0.717) is 42.7 Å². The van der Waals surface area contributed by atoms with Crippen LogP contribution in [0.2, 0.25) is 0 Å². The summed E-state index contributed by atoms with van der Waals surface area (Å²) < 4.78 is 4.99. The zero-order chi connectivity index (χ0) is 19.2. The molecule has 0 unspecified atom stereocenters. The molecule has 0 atom stereocenters. The average Bonchev–Trinajstić information content (AvgIpc) is 2.83. The van der Waals surface area contributed by atoms with Gasteiger partial charge in [0, 0.05) is 23.2 Å². The minimum Gasteiger partial charge on any atom is -0.466 e. The van der Waals surface area contributed by atoms with E-state index in [1.54, 1.807) is 31.2 Å². The van der Waals surface area contributed by atoms with Crippen molar-refractivity contribution < 1.29 is 14.3 Å². The zero-order valence-electron chi connectivity index (χ0n) is 15.4. The van der Waals surface area contributed by atoms with E-state index in [1.807, 2.05) is 36.4 Å². The Balaban J connectivity index is 1.89. The Bertz CT molecular complexity index is 915. The van der Waals surface area contributed by atoms with Crippen LogP contribution in [0.5, 0.6) is 0 Å². The second-order valence-corrected chi connectivity index (χ2v) is 6.43. The minimum absolute atomic E-state index is 0.0251. The van der Waals surface area contributed by atoms with Crippen molar-refractivity contribution in [1.82, 2.24) is 0 Å². The lowest BCUT2D eigenvalue weighted by Crippen LogP contribution is -2.04. The van der Waals surface area contributed by atoms with Crippen LogP contribution in [-0.4, -0.2) is 18.4 Å². The summed E-state index contributed by atoms with van der Waals surface area (Å²) in [7, 11) is 0. The fourth-order valence-electron chi connectivity index (χ4n) is 3.23. The van der Waals surface area contributed by atoms with E-state index in [-0.39, 0.29) is 11.8 Å². The number of nitrogens with two attached hydrogens (primary N) is 1. The Morgan fingerprint density at radius 3 is 2.37 bits per heavy atom. The summed E-state index contributed by atoms with van der Waals surface area (Å²) in [5.74, 6) is -0.208. The van der Waals surface area contributed by atoms with Gasteiger partial charge in [-0.3, -0.25) is 9.59 Å². The first-order valence-electron chi connectivity index (χ1n) is 9.16.